The van der Waals surface area contributed by atoms with Gasteiger partial charge < -0.3 is 5.11 Å². The smallest absolute Gasteiger partial charge is 0.303 e. The normalized spacial score (nSPS) is 11.2. The number of hydrogen-bond donors (Lipinski definition) is 1. The first kappa shape index (κ1) is 13.6. The molecule has 0 aromatic rings. The number of carboxylic acids is 1. The number of rotatable bonds is 4. The first-order valence-corrected chi connectivity index (χ1v) is 6.73. The van der Waals surface area contributed by atoms with Crippen LogP contribution in [0.5, 0.6) is 0 Å². The average Bonchev–Trinajstić information content (AvgIpc) is 2.60. The lowest BCUT2D eigenvalue weighted by Crippen LogP contribution is -1.97. The van der Waals surface area contributed by atoms with Gasteiger partial charge in [0.25, 0.3) is 0 Å². The molecule has 19 heavy (non-hydrogen) atoms. The summed E-state index contributed by atoms with van der Waals surface area (Å²) < 4.78 is 0. The zero-order valence-electron chi connectivity index (χ0n) is 11.7. The highest BCUT2D eigenvalue weighted by atomic mass is 16.4. The average molecular weight is 256 g/mol. The van der Waals surface area contributed by atoms with Crippen molar-refractivity contribution in [3.8, 4) is 11.1 Å². The zero-order chi connectivity index (χ0) is 14.0. The lowest BCUT2D eigenvalue weighted by atomic mass is 10.0. The quantitative estimate of drug-likeness (QED) is 0.888. The van der Waals surface area contributed by atoms with E-state index in [-0.39, 0.29) is 6.42 Å². The van der Waals surface area contributed by atoms with Gasteiger partial charge in [0, 0.05) is 6.42 Å². The predicted octanol–water partition coefficient (Wildman–Crippen LogP) is 4.24. The van der Waals surface area contributed by atoms with Gasteiger partial charge in [0.05, 0.1) is 0 Å². The maximum atomic E-state index is 10.8. The number of aryl methyl sites for hydroxylation is 2. The molecule has 2 nitrogen and oxygen atoms in total. The molecule has 0 heterocycles. The maximum Gasteiger partial charge on any atom is 0.303 e. The summed E-state index contributed by atoms with van der Waals surface area (Å²) in [6, 6.07) is 10.7. The Balaban J connectivity index is 2.50. The van der Waals surface area contributed by atoms with Crippen molar-refractivity contribution in [2.75, 3.05) is 0 Å². The van der Waals surface area contributed by atoms with E-state index in [9.17, 15) is 4.79 Å². The number of carbonyl (C=O) groups is 1. The Morgan fingerprint density at radius 1 is 1.16 bits per heavy atom. The first-order valence-electron chi connectivity index (χ1n) is 6.73. The van der Waals surface area contributed by atoms with Gasteiger partial charge in [-0.3, -0.25) is 4.79 Å². The summed E-state index contributed by atoms with van der Waals surface area (Å²) in [7, 11) is 0. The molecular weight excluding hydrogens is 236 g/mol. The highest BCUT2D eigenvalue weighted by Gasteiger charge is 2.12. The molecule has 2 aliphatic carbocycles. The summed E-state index contributed by atoms with van der Waals surface area (Å²) in [5, 5.41) is 8.86. The van der Waals surface area contributed by atoms with Crippen molar-refractivity contribution < 1.29 is 9.90 Å². The molecule has 0 atom stereocenters. The largest absolute Gasteiger partial charge is 0.481 e. The summed E-state index contributed by atoms with van der Waals surface area (Å²) in [4.78, 5) is 10.8. The van der Waals surface area contributed by atoms with Crippen molar-refractivity contribution in [2.24, 2.45) is 0 Å². The summed E-state index contributed by atoms with van der Waals surface area (Å²) >= 11 is 0. The van der Waals surface area contributed by atoms with Crippen molar-refractivity contribution >= 4 is 5.97 Å². The molecule has 0 bridgehead atoms. The molecule has 0 spiro atoms. The Morgan fingerprint density at radius 3 is 2.53 bits per heavy atom. The van der Waals surface area contributed by atoms with Gasteiger partial charge in [-0.15, -0.1) is 0 Å². The van der Waals surface area contributed by atoms with Gasteiger partial charge in [0.1, 0.15) is 0 Å². The molecular formula is C17H20O2. The predicted molar refractivity (Wildman–Crippen MR) is 77.8 cm³/mol. The Kier molecular flexibility index (Phi) is 3.89. The van der Waals surface area contributed by atoms with Crippen molar-refractivity contribution in [2.45, 2.75) is 39.5 Å². The van der Waals surface area contributed by atoms with Crippen LogP contribution in [0.2, 0.25) is 0 Å². The molecule has 2 heteroatoms. The van der Waals surface area contributed by atoms with E-state index in [1.54, 1.807) is 0 Å². The number of carboxylic acid groups (broad SMARTS) is 1. The fourth-order valence-electron chi connectivity index (χ4n) is 2.39. The van der Waals surface area contributed by atoms with Gasteiger partial charge >= 0.3 is 5.97 Å². The van der Waals surface area contributed by atoms with Gasteiger partial charge in [-0.1, -0.05) is 44.2 Å². The third-order valence-corrected chi connectivity index (χ3v) is 3.62. The molecule has 100 valence electrons. The minimum atomic E-state index is -0.744. The highest BCUT2D eigenvalue weighted by Crippen LogP contribution is 2.33. The molecule has 2 aliphatic rings. The van der Waals surface area contributed by atoms with Crippen molar-refractivity contribution in [1.82, 2.24) is 0 Å². The molecule has 0 saturated carbocycles. The van der Waals surface area contributed by atoms with E-state index >= 15 is 0 Å². The minimum absolute atomic E-state index is 0.181. The molecule has 0 aromatic carbocycles. The third kappa shape index (κ3) is 2.95. The SMILES string of the molecule is Cc1ccc2c(CCC(=O)O)ccc(C(C)C)cc1-2. The number of fused-ring (bicyclic) bond motifs is 1. The Labute approximate surface area is 114 Å². The molecule has 0 unspecified atom stereocenters. The van der Waals surface area contributed by atoms with E-state index in [0.717, 1.165) is 5.56 Å². The summed E-state index contributed by atoms with van der Waals surface area (Å²) in [5.41, 5.74) is 6.10. The number of aliphatic carboxylic acids is 1. The topological polar surface area (TPSA) is 37.3 Å². The lowest BCUT2D eigenvalue weighted by Gasteiger charge is -2.04. The molecule has 0 saturated heterocycles. The monoisotopic (exact) mass is 256 g/mol. The molecule has 0 radical (unpaired) electrons. The van der Waals surface area contributed by atoms with Crippen molar-refractivity contribution in [3.63, 3.8) is 0 Å². The maximum absolute atomic E-state index is 10.8. The first-order chi connectivity index (χ1) is 8.99. The molecule has 0 amide bonds. The van der Waals surface area contributed by atoms with Crippen molar-refractivity contribution in [3.05, 3.63) is 47.0 Å². The van der Waals surface area contributed by atoms with Crippen LogP contribution in [0.3, 0.4) is 0 Å². The standard InChI is InChI=1S/C17H20O2/c1-11(2)14-6-5-13(7-9-17(18)19)15-8-4-12(3)16(15)10-14/h4-6,8,10-11H,7,9H2,1-3H3,(H,18,19). The third-order valence-electron chi connectivity index (χ3n) is 3.62. The zero-order valence-corrected chi connectivity index (χ0v) is 11.7. The van der Waals surface area contributed by atoms with Crippen LogP contribution in [0.4, 0.5) is 0 Å². The summed E-state index contributed by atoms with van der Waals surface area (Å²) in [6.45, 7) is 6.46. The second kappa shape index (κ2) is 5.43. The van der Waals surface area contributed by atoms with Crippen LogP contribution >= 0.6 is 0 Å². The van der Waals surface area contributed by atoms with Gasteiger partial charge in [-0.05, 0) is 47.1 Å². The summed E-state index contributed by atoms with van der Waals surface area (Å²) in [5.74, 6) is -0.274. The Morgan fingerprint density at radius 2 is 1.89 bits per heavy atom. The van der Waals surface area contributed by atoms with E-state index in [0.29, 0.717) is 12.3 Å². The number of hydrogen-bond acceptors (Lipinski definition) is 1. The highest BCUT2D eigenvalue weighted by molar-refractivity contribution is 5.75. The molecule has 2 rings (SSSR count). The van der Waals surface area contributed by atoms with Gasteiger partial charge in [0.15, 0.2) is 0 Å². The van der Waals surface area contributed by atoms with E-state index in [4.69, 9.17) is 5.11 Å². The second-order valence-electron chi connectivity index (χ2n) is 5.40. The fraction of sp³-hybridized carbons (Fsp3) is 0.353. The van der Waals surface area contributed by atoms with Crippen LogP contribution in [-0.2, 0) is 11.2 Å². The van der Waals surface area contributed by atoms with Crippen LogP contribution < -0.4 is 0 Å². The van der Waals surface area contributed by atoms with Crippen LogP contribution in [0.25, 0.3) is 11.1 Å². The lowest BCUT2D eigenvalue weighted by molar-refractivity contribution is -0.136. The Bertz CT molecular complexity index is 570. The van der Waals surface area contributed by atoms with Gasteiger partial charge in [0.2, 0.25) is 0 Å². The molecule has 0 aliphatic heterocycles. The van der Waals surface area contributed by atoms with E-state index in [1.165, 1.54) is 22.3 Å². The van der Waals surface area contributed by atoms with Crippen LogP contribution in [-0.4, -0.2) is 11.1 Å². The van der Waals surface area contributed by atoms with E-state index < -0.39 is 5.97 Å². The molecule has 1 N–H and O–H groups in total. The van der Waals surface area contributed by atoms with E-state index in [1.807, 2.05) is 0 Å². The molecule has 0 fully saturated rings. The van der Waals surface area contributed by atoms with Crippen molar-refractivity contribution in [1.29, 1.82) is 0 Å². The second-order valence-corrected chi connectivity index (χ2v) is 5.40. The van der Waals surface area contributed by atoms with Gasteiger partial charge in [-0.2, -0.15) is 0 Å². The molecule has 0 aromatic heterocycles. The Hall–Kier alpha value is -1.83. The van der Waals surface area contributed by atoms with E-state index in [2.05, 4.69) is 51.1 Å². The fourth-order valence-corrected chi connectivity index (χ4v) is 2.39. The van der Waals surface area contributed by atoms with Crippen LogP contribution in [0.1, 0.15) is 42.9 Å². The van der Waals surface area contributed by atoms with Crippen LogP contribution in [0, 0.1) is 6.92 Å². The minimum Gasteiger partial charge on any atom is -0.481 e. The summed E-state index contributed by atoms with van der Waals surface area (Å²) in [6.07, 6.45) is 0.766. The van der Waals surface area contributed by atoms with Gasteiger partial charge in [-0.25, -0.2) is 0 Å². The van der Waals surface area contributed by atoms with Crippen LogP contribution in [0.15, 0.2) is 30.3 Å².